The highest BCUT2D eigenvalue weighted by atomic mass is 32.1. The van der Waals surface area contributed by atoms with Gasteiger partial charge in [-0.3, -0.25) is 4.40 Å². The molecule has 1 unspecified atom stereocenters. The summed E-state index contributed by atoms with van der Waals surface area (Å²) in [6.07, 6.45) is 6.73. The smallest absolute Gasteiger partial charge is 0.337 e. The minimum absolute atomic E-state index is 0.379. The molecule has 0 radical (unpaired) electrons. The molecular weight excluding hydrogens is 390 g/mol. The standard InChI is InChI=1S/C20H19N5O3S/c1-28-20(27)14-4-2-3-12(7-14)9-24-10-15(22-23-24)18(26)17-19(13-5-6-13)29-16-8-21-11-25(16)17/h2-4,7-8,10-11,13,18,26H,5-6,9H2,1H3. The van der Waals surface area contributed by atoms with Gasteiger partial charge in [-0.1, -0.05) is 17.3 Å². The average molecular weight is 409 g/mol. The van der Waals surface area contributed by atoms with Crippen molar-refractivity contribution < 1.29 is 14.6 Å². The summed E-state index contributed by atoms with van der Waals surface area (Å²) >= 11 is 1.68. The first-order valence-electron chi connectivity index (χ1n) is 9.34. The number of methoxy groups -OCH3 is 1. The van der Waals surface area contributed by atoms with Gasteiger partial charge in [0.15, 0.2) is 0 Å². The fourth-order valence-corrected chi connectivity index (χ4v) is 4.78. The predicted octanol–water partition coefficient (Wildman–Crippen LogP) is 2.78. The van der Waals surface area contributed by atoms with Crippen molar-refractivity contribution in [3.8, 4) is 0 Å². The molecule has 1 aromatic carbocycles. The summed E-state index contributed by atoms with van der Waals surface area (Å²) in [6.45, 7) is 0.435. The Labute approximate surface area is 170 Å². The van der Waals surface area contributed by atoms with E-state index in [1.54, 1.807) is 46.7 Å². The first-order valence-corrected chi connectivity index (χ1v) is 10.2. The van der Waals surface area contributed by atoms with Crippen LogP contribution in [0, 0.1) is 0 Å². The van der Waals surface area contributed by atoms with Crippen LogP contribution >= 0.6 is 11.3 Å². The molecule has 0 saturated heterocycles. The van der Waals surface area contributed by atoms with Crippen molar-refractivity contribution in [2.75, 3.05) is 7.11 Å². The van der Waals surface area contributed by atoms with Gasteiger partial charge in [0.25, 0.3) is 0 Å². The van der Waals surface area contributed by atoms with E-state index in [1.807, 2.05) is 16.7 Å². The van der Waals surface area contributed by atoms with E-state index < -0.39 is 6.10 Å². The number of imidazole rings is 1. The van der Waals surface area contributed by atoms with E-state index in [0.29, 0.717) is 23.7 Å². The number of benzene rings is 1. The number of aromatic nitrogens is 5. The number of thiazole rings is 1. The molecule has 3 aromatic heterocycles. The number of aliphatic hydroxyl groups is 1. The van der Waals surface area contributed by atoms with E-state index in [-0.39, 0.29) is 5.97 Å². The Morgan fingerprint density at radius 3 is 3.07 bits per heavy atom. The fraction of sp³-hybridized carbons (Fsp3) is 0.300. The maximum absolute atomic E-state index is 11.7. The van der Waals surface area contributed by atoms with Gasteiger partial charge in [-0.2, -0.15) is 0 Å². The Morgan fingerprint density at radius 1 is 1.41 bits per heavy atom. The quantitative estimate of drug-likeness (QED) is 0.492. The molecule has 0 aliphatic heterocycles. The monoisotopic (exact) mass is 409 g/mol. The van der Waals surface area contributed by atoms with E-state index in [4.69, 9.17) is 4.74 Å². The van der Waals surface area contributed by atoms with Crippen LogP contribution in [-0.2, 0) is 11.3 Å². The number of nitrogens with zero attached hydrogens (tertiary/aromatic N) is 5. The van der Waals surface area contributed by atoms with Crippen molar-refractivity contribution in [1.29, 1.82) is 0 Å². The molecule has 8 nitrogen and oxygen atoms in total. The van der Waals surface area contributed by atoms with Crippen LogP contribution in [0.5, 0.6) is 0 Å². The highest BCUT2D eigenvalue weighted by Crippen LogP contribution is 2.47. The molecule has 1 aliphatic rings. The Hall–Kier alpha value is -3.04. The first kappa shape index (κ1) is 18.0. The second-order valence-corrected chi connectivity index (χ2v) is 8.23. The fourth-order valence-electron chi connectivity index (χ4n) is 3.49. The van der Waals surface area contributed by atoms with Gasteiger partial charge in [-0.15, -0.1) is 16.4 Å². The Kier molecular flexibility index (Phi) is 4.40. The molecule has 0 spiro atoms. The molecule has 1 saturated carbocycles. The summed E-state index contributed by atoms with van der Waals surface area (Å²) in [5, 5.41) is 19.4. The van der Waals surface area contributed by atoms with Gasteiger partial charge in [0.2, 0.25) is 0 Å². The Bertz CT molecular complexity index is 1190. The number of fused-ring (bicyclic) bond motifs is 1. The maximum atomic E-state index is 11.7. The van der Waals surface area contributed by atoms with Gasteiger partial charge in [0.1, 0.15) is 23.0 Å². The molecule has 1 fully saturated rings. The van der Waals surface area contributed by atoms with Crippen LogP contribution in [0.4, 0.5) is 0 Å². The average Bonchev–Trinajstić information content (AvgIpc) is 3.13. The van der Waals surface area contributed by atoms with Gasteiger partial charge in [-0.25, -0.2) is 14.5 Å². The van der Waals surface area contributed by atoms with Gasteiger partial charge < -0.3 is 9.84 Å². The van der Waals surface area contributed by atoms with Crippen molar-refractivity contribution in [3.05, 3.63) is 70.4 Å². The molecule has 0 amide bonds. The lowest BCUT2D eigenvalue weighted by Gasteiger charge is -2.09. The molecule has 1 N–H and O–H groups in total. The third-order valence-electron chi connectivity index (χ3n) is 5.07. The minimum Gasteiger partial charge on any atom is -0.465 e. The molecule has 5 rings (SSSR count). The highest BCUT2D eigenvalue weighted by molar-refractivity contribution is 7.17. The maximum Gasteiger partial charge on any atom is 0.337 e. The van der Waals surface area contributed by atoms with Crippen molar-refractivity contribution in [1.82, 2.24) is 24.4 Å². The van der Waals surface area contributed by atoms with Gasteiger partial charge in [0, 0.05) is 4.88 Å². The second kappa shape index (κ2) is 7.09. The van der Waals surface area contributed by atoms with Crippen LogP contribution in [0.3, 0.4) is 0 Å². The first-order chi connectivity index (χ1) is 14.1. The molecule has 148 valence electrons. The topological polar surface area (TPSA) is 94.5 Å². The predicted molar refractivity (Wildman–Crippen MR) is 106 cm³/mol. The molecule has 4 aromatic rings. The zero-order valence-electron chi connectivity index (χ0n) is 15.7. The number of esters is 1. The number of hydrogen-bond acceptors (Lipinski definition) is 7. The van der Waals surface area contributed by atoms with Crippen LogP contribution < -0.4 is 0 Å². The lowest BCUT2D eigenvalue weighted by atomic mass is 10.1. The van der Waals surface area contributed by atoms with E-state index in [0.717, 1.165) is 28.9 Å². The van der Waals surface area contributed by atoms with Crippen LogP contribution in [0.2, 0.25) is 0 Å². The molecule has 9 heteroatoms. The zero-order valence-corrected chi connectivity index (χ0v) is 16.5. The molecule has 29 heavy (non-hydrogen) atoms. The molecule has 1 aliphatic carbocycles. The number of carbonyl (C=O) groups is 1. The summed E-state index contributed by atoms with van der Waals surface area (Å²) in [6, 6.07) is 7.18. The van der Waals surface area contributed by atoms with Gasteiger partial charge in [0.05, 0.1) is 37.3 Å². The summed E-state index contributed by atoms with van der Waals surface area (Å²) in [5.41, 5.74) is 2.71. The Balaban J connectivity index is 1.41. The van der Waals surface area contributed by atoms with Gasteiger partial charge in [-0.05, 0) is 36.5 Å². The summed E-state index contributed by atoms with van der Waals surface area (Å²) in [5.74, 6) is 0.136. The number of hydrogen-bond donors (Lipinski definition) is 1. The summed E-state index contributed by atoms with van der Waals surface area (Å²) < 4.78 is 8.37. The van der Waals surface area contributed by atoms with Crippen LogP contribution in [0.25, 0.3) is 4.83 Å². The number of ether oxygens (including phenoxy) is 1. The van der Waals surface area contributed by atoms with E-state index in [9.17, 15) is 9.90 Å². The van der Waals surface area contributed by atoms with Crippen molar-refractivity contribution >= 4 is 22.1 Å². The number of rotatable bonds is 6. The largest absolute Gasteiger partial charge is 0.465 e. The van der Waals surface area contributed by atoms with Crippen LogP contribution in [0.1, 0.15) is 57.0 Å². The SMILES string of the molecule is COC(=O)c1cccc(Cn2cc(C(O)c3c(C4CC4)sc4cncn34)nn2)c1. The van der Waals surface area contributed by atoms with Crippen molar-refractivity contribution in [3.63, 3.8) is 0 Å². The van der Waals surface area contributed by atoms with Crippen molar-refractivity contribution in [2.24, 2.45) is 0 Å². The van der Waals surface area contributed by atoms with E-state index >= 15 is 0 Å². The summed E-state index contributed by atoms with van der Waals surface area (Å²) in [7, 11) is 1.36. The van der Waals surface area contributed by atoms with Crippen LogP contribution in [0.15, 0.2) is 43.0 Å². The number of aliphatic hydroxyl groups excluding tert-OH is 1. The molecule has 0 bridgehead atoms. The zero-order chi connectivity index (χ0) is 20.0. The lowest BCUT2D eigenvalue weighted by molar-refractivity contribution is 0.0600. The van der Waals surface area contributed by atoms with E-state index in [2.05, 4.69) is 15.3 Å². The molecule has 1 atom stereocenters. The Morgan fingerprint density at radius 2 is 2.28 bits per heavy atom. The minimum atomic E-state index is -0.872. The summed E-state index contributed by atoms with van der Waals surface area (Å²) in [4.78, 5) is 18.1. The second-order valence-electron chi connectivity index (χ2n) is 7.16. The molecule has 3 heterocycles. The molecular formula is C20H19N5O3S. The lowest BCUT2D eigenvalue weighted by Crippen LogP contribution is -2.06. The van der Waals surface area contributed by atoms with E-state index in [1.165, 1.54) is 12.0 Å². The van der Waals surface area contributed by atoms with Gasteiger partial charge >= 0.3 is 5.97 Å². The third kappa shape index (κ3) is 3.32. The normalized spacial score (nSPS) is 15.0. The highest BCUT2D eigenvalue weighted by Gasteiger charge is 2.33. The number of carbonyl (C=O) groups excluding carboxylic acids is 1. The third-order valence-corrected chi connectivity index (χ3v) is 6.34. The van der Waals surface area contributed by atoms with Crippen molar-refractivity contribution in [2.45, 2.75) is 31.4 Å². The van der Waals surface area contributed by atoms with Crippen LogP contribution in [-0.4, -0.2) is 42.6 Å².